The molecule has 1 heterocycles. The summed E-state index contributed by atoms with van der Waals surface area (Å²) in [7, 11) is -3.43. The van der Waals surface area contributed by atoms with E-state index in [1.165, 1.54) is 0 Å². The fourth-order valence-electron chi connectivity index (χ4n) is 1.02. The highest BCUT2D eigenvalue weighted by molar-refractivity contribution is 7.87. The Hall–Kier alpha value is -0.620. The van der Waals surface area contributed by atoms with Gasteiger partial charge in [-0.1, -0.05) is 6.92 Å². The van der Waals surface area contributed by atoms with Crippen LogP contribution in [-0.2, 0) is 23.8 Å². The molecule has 0 radical (unpaired) electrons. The van der Waals surface area contributed by atoms with Crippen LogP contribution in [0.25, 0.3) is 0 Å². The van der Waals surface area contributed by atoms with Crippen LogP contribution in [0.15, 0.2) is 0 Å². The topological polar surface area (TPSA) is 69.7 Å². The van der Waals surface area contributed by atoms with Crippen LogP contribution in [0.5, 0.6) is 0 Å². The molecule has 0 N–H and O–H groups in total. The summed E-state index contributed by atoms with van der Waals surface area (Å²) in [5.41, 5.74) is 0. The van der Waals surface area contributed by atoms with Gasteiger partial charge in [-0.15, -0.1) is 0 Å². The molecule has 5 nitrogen and oxygen atoms in total. The van der Waals surface area contributed by atoms with Crippen molar-refractivity contribution in [2.75, 3.05) is 12.4 Å². The smallest absolute Gasteiger partial charge is 0.306 e. The van der Waals surface area contributed by atoms with Gasteiger partial charge in [0.25, 0.3) is 10.1 Å². The number of rotatable bonds is 3. The first-order valence-electron chi connectivity index (χ1n) is 4.10. The summed E-state index contributed by atoms with van der Waals surface area (Å²) in [5, 5.41) is 0. The summed E-state index contributed by atoms with van der Waals surface area (Å²) in [4.78, 5) is 10.9. The molecule has 0 saturated carbocycles. The Morgan fingerprint density at radius 1 is 1.62 bits per heavy atom. The number of hydrogen-bond donors (Lipinski definition) is 0. The van der Waals surface area contributed by atoms with Crippen molar-refractivity contribution in [3.05, 3.63) is 0 Å². The van der Waals surface area contributed by atoms with Crippen LogP contribution in [-0.4, -0.2) is 32.9 Å². The Bertz CT molecular complexity index is 281. The van der Waals surface area contributed by atoms with Gasteiger partial charge in [0.05, 0.1) is 0 Å². The molecule has 0 amide bonds. The monoisotopic (exact) mass is 208 g/mol. The van der Waals surface area contributed by atoms with Gasteiger partial charge in [0.2, 0.25) is 0 Å². The average Bonchev–Trinajstić information content (AvgIpc) is 2.30. The van der Waals surface area contributed by atoms with Crippen LogP contribution in [0, 0.1) is 0 Å². The molecule has 1 unspecified atom stereocenters. The molecule has 76 valence electrons. The SMILES string of the molecule is CCCC(=O)OC1COS(=O)(=O)C1. The van der Waals surface area contributed by atoms with Crippen LogP contribution >= 0.6 is 0 Å². The molecule has 0 aromatic heterocycles. The summed E-state index contributed by atoms with van der Waals surface area (Å²) in [6.45, 7) is 1.81. The van der Waals surface area contributed by atoms with Crippen molar-refractivity contribution >= 4 is 16.1 Å². The summed E-state index contributed by atoms with van der Waals surface area (Å²) in [6, 6.07) is 0. The van der Waals surface area contributed by atoms with Gasteiger partial charge in [0.15, 0.2) is 0 Å². The fourth-order valence-corrected chi connectivity index (χ4v) is 2.10. The quantitative estimate of drug-likeness (QED) is 0.484. The van der Waals surface area contributed by atoms with Crippen molar-refractivity contribution in [1.29, 1.82) is 0 Å². The van der Waals surface area contributed by atoms with Crippen LogP contribution in [0.2, 0.25) is 0 Å². The van der Waals surface area contributed by atoms with Gasteiger partial charge >= 0.3 is 5.97 Å². The van der Waals surface area contributed by atoms with Crippen molar-refractivity contribution in [3.63, 3.8) is 0 Å². The number of hydrogen-bond acceptors (Lipinski definition) is 5. The standard InChI is InChI=1S/C7H12O5S/c1-2-3-7(8)12-6-4-11-13(9,10)5-6/h6H,2-5H2,1H3. The average molecular weight is 208 g/mol. The van der Waals surface area contributed by atoms with Gasteiger partial charge < -0.3 is 4.74 Å². The minimum atomic E-state index is -3.43. The molecule has 1 aliphatic heterocycles. The maximum Gasteiger partial charge on any atom is 0.306 e. The normalized spacial score (nSPS) is 25.8. The zero-order valence-corrected chi connectivity index (χ0v) is 8.17. The Labute approximate surface area is 77.1 Å². The van der Waals surface area contributed by atoms with E-state index in [1.54, 1.807) is 0 Å². The molecule has 1 saturated heterocycles. The molecule has 6 heteroatoms. The predicted molar refractivity (Wildman–Crippen MR) is 44.5 cm³/mol. The Balaban J connectivity index is 2.36. The van der Waals surface area contributed by atoms with E-state index in [9.17, 15) is 13.2 Å². The van der Waals surface area contributed by atoms with Gasteiger partial charge in [0, 0.05) is 6.42 Å². The van der Waals surface area contributed by atoms with Gasteiger partial charge in [-0.3, -0.25) is 8.98 Å². The molecule has 0 aliphatic carbocycles. The predicted octanol–water partition coefficient (Wildman–Crippen LogP) is 0.0583. The van der Waals surface area contributed by atoms with Crippen molar-refractivity contribution < 1.29 is 22.1 Å². The zero-order valence-electron chi connectivity index (χ0n) is 7.36. The third-order valence-electron chi connectivity index (χ3n) is 1.58. The Morgan fingerprint density at radius 3 is 2.77 bits per heavy atom. The number of carbonyl (C=O) groups excluding carboxylic acids is 1. The van der Waals surface area contributed by atoms with E-state index in [0.29, 0.717) is 12.8 Å². The molecule has 13 heavy (non-hydrogen) atoms. The van der Waals surface area contributed by atoms with Crippen LogP contribution in [0.4, 0.5) is 0 Å². The highest BCUT2D eigenvalue weighted by atomic mass is 32.2. The summed E-state index contributed by atoms with van der Waals surface area (Å²) in [6.07, 6.45) is 0.388. The molecule has 1 atom stereocenters. The molecule has 0 bridgehead atoms. The van der Waals surface area contributed by atoms with E-state index < -0.39 is 16.2 Å². The second kappa shape index (κ2) is 4.06. The van der Waals surface area contributed by atoms with Gasteiger partial charge in [0.1, 0.15) is 18.5 Å². The first-order chi connectivity index (χ1) is 6.03. The first kappa shape index (κ1) is 10.5. The number of esters is 1. The lowest BCUT2D eigenvalue weighted by atomic mass is 10.3. The van der Waals surface area contributed by atoms with E-state index in [2.05, 4.69) is 4.18 Å². The van der Waals surface area contributed by atoms with E-state index in [-0.39, 0.29) is 18.3 Å². The molecular formula is C7H12O5S. The second-order valence-corrected chi connectivity index (χ2v) is 4.56. The maximum absolute atomic E-state index is 10.9. The van der Waals surface area contributed by atoms with Gasteiger partial charge in [-0.2, -0.15) is 8.42 Å². The highest BCUT2D eigenvalue weighted by Crippen LogP contribution is 2.12. The molecule has 1 fully saturated rings. The van der Waals surface area contributed by atoms with E-state index in [1.807, 2.05) is 6.92 Å². The zero-order chi connectivity index (χ0) is 9.90. The minimum Gasteiger partial charge on any atom is -0.459 e. The molecular weight excluding hydrogens is 196 g/mol. The summed E-state index contributed by atoms with van der Waals surface area (Å²) >= 11 is 0. The minimum absolute atomic E-state index is 0.0439. The largest absolute Gasteiger partial charge is 0.459 e. The lowest BCUT2D eigenvalue weighted by Crippen LogP contribution is -2.21. The molecule has 0 aromatic carbocycles. The number of carbonyl (C=O) groups is 1. The van der Waals surface area contributed by atoms with Crippen LogP contribution in [0.1, 0.15) is 19.8 Å². The second-order valence-electron chi connectivity index (χ2n) is 2.87. The van der Waals surface area contributed by atoms with Crippen LogP contribution in [0.3, 0.4) is 0 Å². The van der Waals surface area contributed by atoms with Crippen molar-refractivity contribution in [3.8, 4) is 0 Å². The summed E-state index contributed by atoms with van der Waals surface area (Å²) < 4.78 is 30.8. The maximum atomic E-state index is 10.9. The molecule has 1 rings (SSSR count). The third-order valence-corrected chi connectivity index (χ3v) is 2.85. The van der Waals surface area contributed by atoms with E-state index in [4.69, 9.17) is 4.74 Å². The first-order valence-corrected chi connectivity index (χ1v) is 5.68. The fraction of sp³-hybridized carbons (Fsp3) is 0.857. The highest BCUT2D eigenvalue weighted by Gasteiger charge is 2.31. The molecule has 0 spiro atoms. The summed E-state index contributed by atoms with van der Waals surface area (Å²) in [5.74, 6) is -0.587. The van der Waals surface area contributed by atoms with Crippen LogP contribution < -0.4 is 0 Å². The van der Waals surface area contributed by atoms with E-state index >= 15 is 0 Å². The van der Waals surface area contributed by atoms with Crippen molar-refractivity contribution in [1.82, 2.24) is 0 Å². The third kappa shape index (κ3) is 3.31. The lowest BCUT2D eigenvalue weighted by molar-refractivity contribution is -0.148. The van der Waals surface area contributed by atoms with E-state index in [0.717, 1.165) is 0 Å². The Kier molecular flexibility index (Phi) is 3.27. The van der Waals surface area contributed by atoms with Crippen molar-refractivity contribution in [2.24, 2.45) is 0 Å². The lowest BCUT2D eigenvalue weighted by Gasteiger charge is -2.07. The Morgan fingerprint density at radius 2 is 2.31 bits per heavy atom. The molecule has 1 aliphatic rings. The van der Waals surface area contributed by atoms with Crippen molar-refractivity contribution in [2.45, 2.75) is 25.9 Å². The number of ether oxygens (including phenoxy) is 1. The van der Waals surface area contributed by atoms with Gasteiger partial charge in [-0.25, -0.2) is 0 Å². The van der Waals surface area contributed by atoms with Gasteiger partial charge in [-0.05, 0) is 6.42 Å². The molecule has 0 aromatic rings.